The number of hydrogen-bond donors (Lipinski definition) is 5. The number of fused-ring (bicyclic) bond motifs is 2. The Labute approximate surface area is 500 Å². The summed E-state index contributed by atoms with van der Waals surface area (Å²) in [4.78, 5) is 47.5. The molecule has 16 nitrogen and oxygen atoms in total. The molecule has 3 fully saturated rings. The van der Waals surface area contributed by atoms with Crippen LogP contribution < -0.4 is 20.4 Å². The zero-order chi connectivity index (χ0) is 59.2. The van der Waals surface area contributed by atoms with Crippen molar-refractivity contribution in [3.05, 3.63) is 100 Å². The number of thiophene rings is 1. The Morgan fingerprint density at radius 3 is 2.13 bits per heavy atom. The number of anilines is 3. The molecule has 0 radical (unpaired) electrons. The number of rotatable bonds is 30. The van der Waals surface area contributed by atoms with Gasteiger partial charge in [0.15, 0.2) is 10.5 Å². The van der Waals surface area contributed by atoms with E-state index in [0.29, 0.717) is 80.4 Å². The fraction of sp³-hybridized carbons (Fsp3) is 0.545. The number of piperidine rings is 3. The van der Waals surface area contributed by atoms with E-state index in [-0.39, 0.29) is 47.4 Å². The number of nitrogens with one attached hydrogen (secondary N) is 2. The summed E-state index contributed by atoms with van der Waals surface area (Å²) in [5.41, 5.74) is 5.45. The van der Waals surface area contributed by atoms with Gasteiger partial charge in [0, 0.05) is 71.4 Å². The number of imide groups is 1. The number of aliphatic hydroxyl groups excluding tert-OH is 2. The molecule has 2 aromatic heterocycles. The third-order valence-corrected chi connectivity index (χ3v) is 20.9. The van der Waals surface area contributed by atoms with Crippen molar-refractivity contribution in [3.63, 3.8) is 0 Å². The number of benzene rings is 4. The predicted molar refractivity (Wildman–Crippen MR) is 335 cm³/mol. The SMILES string of the molecule is Cc1c(-c2cccc(NC3CCN(S(=O)(=O)Cc4ccc5nc(N6CCC(c7ccc(N(CO)C8CCC(=O)NC8=O)c8ccccc78)CC6)oc5c4)C(C)(C)C3)c2)sc(C(=O)OCCCCCCCCCCCCCCCCCCO)c1O. The molecule has 3 saturated heterocycles. The fourth-order valence-electron chi connectivity index (χ4n) is 12.9. The topological polar surface area (TPSA) is 215 Å². The molecule has 2 atom stereocenters. The molecule has 0 aliphatic carbocycles. The second-order valence-electron chi connectivity index (χ2n) is 24.2. The van der Waals surface area contributed by atoms with Crippen LogP contribution in [0.4, 0.5) is 17.4 Å². The highest BCUT2D eigenvalue weighted by atomic mass is 32.2. The Hall–Kier alpha value is -6.05. The van der Waals surface area contributed by atoms with E-state index in [2.05, 4.69) is 27.7 Å². The molecule has 0 bridgehead atoms. The molecular formula is C66H88N6O10S2. The number of sulfonamides is 1. The van der Waals surface area contributed by atoms with Crippen LogP contribution in [0.3, 0.4) is 0 Å². The molecule has 3 aliphatic rings. The van der Waals surface area contributed by atoms with E-state index >= 15 is 0 Å². The Morgan fingerprint density at radius 2 is 1.48 bits per heavy atom. The average Bonchev–Trinajstić information content (AvgIpc) is 3.57. The Kier molecular flexibility index (Phi) is 21.8. The van der Waals surface area contributed by atoms with E-state index in [1.807, 2.05) is 81.4 Å². The van der Waals surface area contributed by atoms with E-state index in [9.17, 15) is 33.0 Å². The van der Waals surface area contributed by atoms with Crippen LogP contribution in [0.25, 0.3) is 32.3 Å². The quantitative estimate of drug-likeness (QED) is 0.0123. The van der Waals surface area contributed by atoms with Gasteiger partial charge in [-0.3, -0.25) is 14.9 Å². The molecule has 4 aromatic carbocycles. The molecule has 9 rings (SSSR count). The zero-order valence-electron chi connectivity index (χ0n) is 49.5. The molecule has 3 aliphatic heterocycles. The van der Waals surface area contributed by atoms with E-state index in [1.54, 1.807) is 15.3 Å². The second-order valence-corrected chi connectivity index (χ2v) is 27.1. The summed E-state index contributed by atoms with van der Waals surface area (Å²) in [5.74, 6) is -1.18. The van der Waals surface area contributed by atoms with Gasteiger partial charge in [0.1, 0.15) is 24.0 Å². The van der Waals surface area contributed by atoms with Crippen molar-refractivity contribution in [3.8, 4) is 16.2 Å². The first-order valence-electron chi connectivity index (χ1n) is 31.0. The number of aromatic nitrogens is 1. The number of amides is 2. The van der Waals surface area contributed by atoms with Crippen LogP contribution in [0, 0.1) is 6.92 Å². The van der Waals surface area contributed by atoms with Crippen LogP contribution in [0.15, 0.2) is 83.3 Å². The molecule has 6 aromatic rings. The third-order valence-electron chi connectivity index (χ3n) is 17.5. The highest BCUT2D eigenvalue weighted by Gasteiger charge is 2.42. The number of nitrogens with zero attached hydrogens (tertiary/aromatic N) is 4. The first-order chi connectivity index (χ1) is 40.6. The fourth-order valence-corrected chi connectivity index (χ4v) is 16.0. The van der Waals surface area contributed by atoms with Crippen LogP contribution in [0.5, 0.6) is 5.75 Å². The lowest BCUT2D eigenvalue weighted by molar-refractivity contribution is -0.134. The highest BCUT2D eigenvalue weighted by molar-refractivity contribution is 7.88. The van der Waals surface area contributed by atoms with E-state index in [1.165, 1.54) is 87.5 Å². The van der Waals surface area contributed by atoms with E-state index < -0.39 is 33.5 Å². The van der Waals surface area contributed by atoms with Crippen LogP contribution in [-0.4, -0.2) is 108 Å². The molecule has 0 spiro atoms. The van der Waals surface area contributed by atoms with Gasteiger partial charge < -0.3 is 39.6 Å². The maximum Gasteiger partial charge on any atom is 0.352 e. The maximum absolute atomic E-state index is 14.3. The lowest BCUT2D eigenvalue weighted by atomic mass is 9.85. The van der Waals surface area contributed by atoms with Crippen LogP contribution >= 0.6 is 11.3 Å². The maximum atomic E-state index is 14.3. The van der Waals surface area contributed by atoms with E-state index in [0.717, 1.165) is 77.5 Å². The van der Waals surface area contributed by atoms with Crippen molar-refractivity contribution in [2.45, 2.75) is 191 Å². The Balaban J connectivity index is 0.717. The molecule has 2 unspecified atom stereocenters. The summed E-state index contributed by atoms with van der Waals surface area (Å²) in [5, 5.41) is 38.5. The summed E-state index contributed by atoms with van der Waals surface area (Å²) in [6.07, 6.45) is 22.6. The van der Waals surface area contributed by atoms with Crippen molar-refractivity contribution < 1.29 is 47.3 Å². The number of aliphatic hydroxyl groups is 2. The number of esters is 1. The Bertz CT molecular complexity index is 3300. The normalized spacial score (nSPS) is 17.9. The van der Waals surface area contributed by atoms with Gasteiger partial charge in [-0.25, -0.2) is 13.2 Å². The van der Waals surface area contributed by atoms with Gasteiger partial charge in [-0.2, -0.15) is 9.29 Å². The molecule has 84 heavy (non-hydrogen) atoms. The summed E-state index contributed by atoms with van der Waals surface area (Å²) in [7, 11) is -3.74. The summed E-state index contributed by atoms with van der Waals surface area (Å²) in [6, 6.07) is 25.3. The molecule has 454 valence electrons. The number of hydrogen-bond acceptors (Lipinski definition) is 15. The number of carbonyl (C=O) groups is 3. The zero-order valence-corrected chi connectivity index (χ0v) is 51.2. The van der Waals surface area contributed by atoms with Gasteiger partial charge in [0.2, 0.25) is 21.8 Å². The average molecular weight is 1190 g/mol. The van der Waals surface area contributed by atoms with Gasteiger partial charge in [0.05, 0.1) is 12.4 Å². The van der Waals surface area contributed by atoms with Gasteiger partial charge in [-0.05, 0) is 124 Å². The smallest absolute Gasteiger partial charge is 0.352 e. The lowest BCUT2D eigenvalue weighted by Crippen LogP contribution is -2.55. The largest absolute Gasteiger partial charge is 0.506 e. The molecule has 0 saturated carbocycles. The summed E-state index contributed by atoms with van der Waals surface area (Å²) < 4.78 is 42.2. The monoisotopic (exact) mass is 1190 g/mol. The predicted octanol–water partition coefficient (Wildman–Crippen LogP) is 13.2. The van der Waals surface area contributed by atoms with Gasteiger partial charge >= 0.3 is 5.97 Å². The number of oxazole rings is 1. The first kappa shape index (κ1) is 62.5. The highest BCUT2D eigenvalue weighted by Crippen LogP contribution is 2.43. The molecule has 5 N–H and O–H groups in total. The summed E-state index contributed by atoms with van der Waals surface area (Å²) >= 11 is 1.24. The minimum Gasteiger partial charge on any atom is -0.506 e. The van der Waals surface area contributed by atoms with Gasteiger partial charge in [-0.15, -0.1) is 11.3 Å². The van der Waals surface area contributed by atoms with E-state index in [4.69, 9.17) is 19.2 Å². The van der Waals surface area contributed by atoms with Crippen molar-refractivity contribution in [2.24, 2.45) is 0 Å². The molecule has 2 amide bonds. The van der Waals surface area contributed by atoms with Crippen LogP contribution in [0.2, 0.25) is 0 Å². The standard InChI is InChI=1S/C66H88N6O10S2/c1-46-60(76)62(64(78)81-40-21-17-15-13-11-9-7-5-4-6-8-10-12-14-16-20-39-73)83-61(46)49-23-22-24-50(42-49)67-51-35-38-72(66(2,3)43-51)84(79,80)44-47-27-29-55-58(41-47)82-65(68-55)70-36-33-48(34-37-70)52-28-30-56(54-26-19-18-25-53(52)54)71(45-74)57-31-32-59(75)69-63(57)77/h18-19,22-30,41-42,48,51,57,67,73-74,76H,4-17,20-21,31-40,43-45H2,1-3H3,(H,69,75,77). The molecule has 5 heterocycles. The number of ether oxygens (including phenoxy) is 1. The van der Waals surface area contributed by atoms with Crippen LogP contribution in [0.1, 0.15) is 187 Å². The number of aromatic hydroxyl groups is 1. The van der Waals surface area contributed by atoms with Crippen LogP contribution in [-0.2, 0) is 30.1 Å². The lowest BCUT2D eigenvalue weighted by Gasteiger charge is -2.45. The second kappa shape index (κ2) is 29.4. The minimum atomic E-state index is -3.74. The first-order valence-corrected chi connectivity index (χ1v) is 33.4. The Morgan fingerprint density at radius 1 is 0.810 bits per heavy atom. The van der Waals surface area contributed by atoms with Crippen molar-refractivity contribution in [1.82, 2.24) is 14.6 Å². The number of unbranched alkanes of at least 4 members (excludes halogenated alkanes) is 15. The van der Waals surface area contributed by atoms with Crippen molar-refractivity contribution in [2.75, 3.05) is 54.7 Å². The van der Waals surface area contributed by atoms with Gasteiger partial charge in [-0.1, -0.05) is 138 Å². The number of carbonyl (C=O) groups excluding carboxylic acids is 3. The van der Waals surface area contributed by atoms with Crippen molar-refractivity contribution in [1.29, 1.82) is 0 Å². The van der Waals surface area contributed by atoms with Gasteiger partial charge in [0.25, 0.3) is 6.01 Å². The minimum absolute atomic E-state index is 0.00192. The van der Waals surface area contributed by atoms with Crippen molar-refractivity contribution >= 4 is 78.4 Å². The third kappa shape index (κ3) is 15.7. The summed E-state index contributed by atoms with van der Waals surface area (Å²) in [6.45, 7) is 7.81. The molecular weight excluding hydrogens is 1100 g/mol. The molecule has 18 heteroatoms.